The normalized spacial score (nSPS) is 18.5. The van der Waals surface area contributed by atoms with E-state index in [1.807, 2.05) is 14.1 Å². The molecule has 0 saturated carbocycles. The molecule has 2 N–H and O–H groups in total. The molecule has 1 saturated heterocycles. The Balaban J connectivity index is 2.14. The summed E-state index contributed by atoms with van der Waals surface area (Å²) in [5, 5.41) is 10.9. The Hall–Kier alpha value is -3.19. The predicted octanol–water partition coefficient (Wildman–Crippen LogP) is 1.40. The largest absolute Gasteiger partial charge is 0.507 e. The number of ether oxygens (including phenoxy) is 1. The Morgan fingerprint density at radius 3 is 2.38 bits per heavy atom. The van der Waals surface area contributed by atoms with Gasteiger partial charge in [0, 0.05) is 11.1 Å². The van der Waals surface area contributed by atoms with Crippen LogP contribution < -0.4 is 9.64 Å². The Bertz CT molecular complexity index is 954. The van der Waals surface area contributed by atoms with Crippen molar-refractivity contribution in [2.24, 2.45) is 0 Å². The van der Waals surface area contributed by atoms with Crippen LogP contribution in [-0.2, 0) is 9.59 Å². The van der Waals surface area contributed by atoms with Crippen molar-refractivity contribution in [3.05, 3.63) is 71.0 Å². The second-order valence-corrected chi connectivity index (χ2v) is 7.20. The zero-order valence-corrected chi connectivity index (χ0v) is 16.6. The van der Waals surface area contributed by atoms with E-state index >= 15 is 0 Å². The van der Waals surface area contributed by atoms with Crippen LogP contribution in [0, 0.1) is 5.82 Å². The number of amides is 1. The quantitative estimate of drug-likeness (QED) is 0.438. The smallest absolute Gasteiger partial charge is 0.295 e. The fourth-order valence-electron chi connectivity index (χ4n) is 3.38. The number of nitrogens with one attached hydrogen (secondary N) is 1. The molecule has 1 atom stereocenters. The summed E-state index contributed by atoms with van der Waals surface area (Å²) >= 11 is 0. The molecule has 29 heavy (non-hydrogen) atoms. The SMILES string of the molecule is COc1ccc(C(O)=C2C(=O)C(=O)N(CC[NH+](C)C)[C@H]2c2ccccc2F)cc1. The number of nitrogens with zero attached hydrogens (tertiary/aromatic N) is 1. The number of quaternary nitrogens is 1. The molecule has 1 aliphatic heterocycles. The van der Waals surface area contributed by atoms with Gasteiger partial charge in [0.1, 0.15) is 17.3 Å². The van der Waals surface area contributed by atoms with Crippen molar-refractivity contribution in [2.45, 2.75) is 6.04 Å². The molecule has 1 aliphatic rings. The Kier molecular flexibility index (Phi) is 5.98. The van der Waals surface area contributed by atoms with E-state index in [1.165, 1.54) is 24.1 Å². The number of aliphatic hydroxyl groups excluding tert-OH is 1. The number of likely N-dealkylation sites (tertiary alicyclic amines) is 1. The first kappa shape index (κ1) is 20.5. The van der Waals surface area contributed by atoms with E-state index in [0.717, 1.165) is 4.90 Å². The molecule has 0 aromatic heterocycles. The number of carbonyl (C=O) groups excluding carboxylic acids is 2. The maximum atomic E-state index is 14.6. The summed E-state index contributed by atoms with van der Waals surface area (Å²) in [4.78, 5) is 28.0. The van der Waals surface area contributed by atoms with Crippen molar-refractivity contribution in [3.8, 4) is 5.75 Å². The van der Waals surface area contributed by atoms with Crippen LogP contribution in [0.5, 0.6) is 5.75 Å². The van der Waals surface area contributed by atoms with Gasteiger partial charge in [-0.25, -0.2) is 4.39 Å². The third kappa shape index (κ3) is 4.00. The monoisotopic (exact) mass is 399 g/mol. The second kappa shape index (κ2) is 8.45. The van der Waals surface area contributed by atoms with E-state index in [1.54, 1.807) is 36.4 Å². The summed E-state index contributed by atoms with van der Waals surface area (Å²) in [7, 11) is 5.36. The number of rotatable bonds is 6. The van der Waals surface area contributed by atoms with Gasteiger partial charge in [-0.15, -0.1) is 0 Å². The van der Waals surface area contributed by atoms with Crippen molar-refractivity contribution in [1.82, 2.24) is 4.90 Å². The molecular weight excluding hydrogens is 375 g/mol. The number of methoxy groups -OCH3 is 1. The highest BCUT2D eigenvalue weighted by Crippen LogP contribution is 2.40. The fraction of sp³-hybridized carbons (Fsp3) is 0.273. The van der Waals surface area contributed by atoms with Crippen molar-refractivity contribution in [1.29, 1.82) is 0 Å². The first-order valence-electron chi connectivity index (χ1n) is 9.31. The molecule has 0 radical (unpaired) electrons. The first-order chi connectivity index (χ1) is 13.8. The topological polar surface area (TPSA) is 71.3 Å². The number of halogens is 1. The molecule has 0 unspecified atom stereocenters. The lowest BCUT2D eigenvalue weighted by Crippen LogP contribution is -3.06. The Labute approximate surface area is 168 Å². The summed E-state index contributed by atoms with van der Waals surface area (Å²) in [6, 6.07) is 11.5. The number of Topliss-reactive ketones (excluding diaryl/α,β-unsaturated/α-hetero) is 1. The number of ketones is 1. The second-order valence-electron chi connectivity index (χ2n) is 7.20. The number of benzene rings is 2. The van der Waals surface area contributed by atoms with Crippen LogP contribution in [0.4, 0.5) is 4.39 Å². The van der Waals surface area contributed by atoms with Crippen LogP contribution in [0.2, 0.25) is 0 Å². The van der Waals surface area contributed by atoms with Crippen molar-refractivity contribution in [2.75, 3.05) is 34.3 Å². The summed E-state index contributed by atoms with van der Waals surface area (Å²) < 4.78 is 19.7. The Morgan fingerprint density at radius 2 is 1.79 bits per heavy atom. The zero-order valence-electron chi connectivity index (χ0n) is 16.6. The van der Waals surface area contributed by atoms with Gasteiger partial charge in [0.25, 0.3) is 11.7 Å². The number of carbonyl (C=O) groups is 2. The minimum absolute atomic E-state index is 0.112. The zero-order chi connectivity index (χ0) is 21.1. The van der Waals surface area contributed by atoms with Gasteiger partial charge in [-0.3, -0.25) is 9.59 Å². The highest BCUT2D eigenvalue weighted by atomic mass is 19.1. The molecule has 7 heteroatoms. The maximum absolute atomic E-state index is 14.6. The van der Waals surface area contributed by atoms with Gasteiger partial charge in [0.15, 0.2) is 0 Å². The molecule has 3 rings (SSSR count). The van der Waals surface area contributed by atoms with Gasteiger partial charge >= 0.3 is 0 Å². The summed E-state index contributed by atoms with van der Waals surface area (Å²) in [6.45, 7) is 0.825. The predicted molar refractivity (Wildman–Crippen MR) is 106 cm³/mol. The summed E-state index contributed by atoms with van der Waals surface area (Å²) in [5.74, 6) is -1.85. The molecule has 2 aromatic rings. The molecule has 0 bridgehead atoms. The molecule has 0 spiro atoms. The highest BCUT2D eigenvalue weighted by molar-refractivity contribution is 6.46. The van der Waals surface area contributed by atoms with E-state index in [-0.39, 0.29) is 23.4 Å². The molecule has 6 nitrogen and oxygen atoms in total. The average Bonchev–Trinajstić information content (AvgIpc) is 2.96. The molecular formula is C22H24FN2O4+. The van der Waals surface area contributed by atoms with Gasteiger partial charge in [-0.05, 0) is 30.3 Å². The van der Waals surface area contributed by atoms with Gasteiger partial charge in [-0.2, -0.15) is 0 Å². The van der Waals surface area contributed by atoms with E-state index < -0.39 is 23.5 Å². The first-order valence-corrected chi connectivity index (χ1v) is 9.31. The van der Waals surface area contributed by atoms with Gasteiger partial charge in [0.05, 0.1) is 45.9 Å². The standard InChI is InChI=1S/C22H23FN2O4/c1-24(2)12-13-25-19(16-6-4-5-7-17(16)23)18(21(27)22(25)28)20(26)14-8-10-15(29-3)11-9-14/h4-11,19,26H,12-13H2,1-3H3/p+1/t19-/m0/s1. The molecule has 0 aliphatic carbocycles. The maximum Gasteiger partial charge on any atom is 0.295 e. The molecule has 2 aromatic carbocycles. The van der Waals surface area contributed by atoms with Gasteiger partial charge in [-0.1, -0.05) is 18.2 Å². The number of likely N-dealkylation sites (N-methyl/N-ethyl adjacent to an activating group) is 1. The van der Waals surface area contributed by atoms with Crippen LogP contribution in [-0.4, -0.2) is 56.0 Å². The van der Waals surface area contributed by atoms with Crippen molar-refractivity contribution < 1.29 is 28.7 Å². The lowest BCUT2D eigenvalue weighted by atomic mass is 9.95. The molecule has 1 heterocycles. The average molecular weight is 399 g/mol. The third-order valence-electron chi connectivity index (χ3n) is 4.96. The number of hydrogen-bond donors (Lipinski definition) is 2. The van der Waals surface area contributed by atoms with Crippen LogP contribution in [0.15, 0.2) is 54.1 Å². The van der Waals surface area contributed by atoms with Crippen LogP contribution in [0.25, 0.3) is 5.76 Å². The van der Waals surface area contributed by atoms with Crippen LogP contribution in [0.1, 0.15) is 17.2 Å². The van der Waals surface area contributed by atoms with E-state index in [2.05, 4.69) is 0 Å². The highest BCUT2D eigenvalue weighted by Gasteiger charge is 2.47. The number of hydrogen-bond acceptors (Lipinski definition) is 4. The van der Waals surface area contributed by atoms with Crippen molar-refractivity contribution in [3.63, 3.8) is 0 Å². The third-order valence-corrected chi connectivity index (χ3v) is 4.96. The Morgan fingerprint density at radius 1 is 1.14 bits per heavy atom. The minimum Gasteiger partial charge on any atom is -0.507 e. The fourth-order valence-corrected chi connectivity index (χ4v) is 3.38. The van der Waals surface area contributed by atoms with E-state index in [0.29, 0.717) is 17.9 Å². The summed E-state index contributed by atoms with van der Waals surface area (Å²) in [6.07, 6.45) is 0. The van der Waals surface area contributed by atoms with E-state index in [9.17, 15) is 19.1 Å². The van der Waals surface area contributed by atoms with Crippen molar-refractivity contribution >= 4 is 17.4 Å². The molecule has 1 fully saturated rings. The minimum atomic E-state index is -0.988. The molecule has 1 amide bonds. The molecule has 152 valence electrons. The lowest BCUT2D eigenvalue weighted by Gasteiger charge is -2.25. The van der Waals surface area contributed by atoms with Gasteiger partial charge < -0.3 is 19.6 Å². The van der Waals surface area contributed by atoms with Crippen LogP contribution in [0.3, 0.4) is 0 Å². The van der Waals surface area contributed by atoms with E-state index in [4.69, 9.17) is 4.74 Å². The van der Waals surface area contributed by atoms with Gasteiger partial charge in [0.2, 0.25) is 0 Å². The lowest BCUT2D eigenvalue weighted by molar-refractivity contribution is -0.857. The number of aliphatic hydroxyl groups is 1. The summed E-state index contributed by atoms with van der Waals surface area (Å²) in [5.41, 5.74) is 0.415. The van der Waals surface area contributed by atoms with Crippen LogP contribution >= 0.6 is 0 Å².